The number of carbonyl (C=O) groups is 2. The molecule has 0 fully saturated rings. The minimum absolute atomic E-state index is 0.00372. The first-order valence-electron chi connectivity index (χ1n) is 12.3. The molecule has 0 spiro atoms. The van der Waals surface area contributed by atoms with Gasteiger partial charge in [0.05, 0.1) is 0 Å². The second kappa shape index (κ2) is 12.0. The molecule has 0 N–H and O–H groups in total. The zero-order valence-electron chi connectivity index (χ0n) is 23.0. The molecule has 37 heavy (non-hydrogen) atoms. The lowest BCUT2D eigenvalue weighted by atomic mass is 9.74. The van der Waals surface area contributed by atoms with Gasteiger partial charge in [-0.3, -0.25) is 9.59 Å². The topological polar surface area (TPSA) is 110 Å². The van der Waals surface area contributed by atoms with E-state index < -0.39 is 26.8 Å². The SMILES string of the molecule is CCC(CC)(c1ccc(OCC(=O)C(C)(C)C)c(C)c1)c1cc(C)c(S(=O)(=O)N(C)CCC(=O)N=O)s1. The number of Topliss-reactive ketones (excluding diaryl/α,β-unsaturated/α-hetero) is 1. The van der Waals surface area contributed by atoms with Crippen LogP contribution in [-0.4, -0.2) is 44.6 Å². The number of thiophene rings is 1. The zero-order valence-corrected chi connectivity index (χ0v) is 24.6. The number of hydrogen-bond acceptors (Lipinski definition) is 7. The number of carbonyl (C=O) groups excluding carboxylic acids is 2. The summed E-state index contributed by atoms with van der Waals surface area (Å²) in [4.78, 5) is 34.9. The van der Waals surface area contributed by atoms with E-state index in [2.05, 4.69) is 25.1 Å². The van der Waals surface area contributed by atoms with Crippen molar-refractivity contribution < 1.29 is 22.7 Å². The van der Waals surface area contributed by atoms with Crippen LogP contribution in [0.5, 0.6) is 5.75 Å². The van der Waals surface area contributed by atoms with Crippen LogP contribution < -0.4 is 4.74 Å². The van der Waals surface area contributed by atoms with E-state index in [0.29, 0.717) is 11.3 Å². The number of hydrogen-bond donors (Lipinski definition) is 0. The summed E-state index contributed by atoms with van der Waals surface area (Å²) in [6.07, 6.45) is 1.24. The number of aryl methyl sites for hydroxylation is 2. The average Bonchev–Trinajstić information content (AvgIpc) is 3.24. The predicted molar refractivity (Wildman–Crippen MR) is 147 cm³/mol. The number of nitroso groups, excluding NO2 is 1. The van der Waals surface area contributed by atoms with Gasteiger partial charge in [-0.25, -0.2) is 8.42 Å². The Hall–Kier alpha value is -2.43. The summed E-state index contributed by atoms with van der Waals surface area (Å²) in [7, 11) is -2.46. The van der Waals surface area contributed by atoms with Crippen molar-refractivity contribution in [2.45, 2.75) is 77.4 Å². The van der Waals surface area contributed by atoms with E-state index in [4.69, 9.17) is 4.74 Å². The lowest BCUT2D eigenvalue weighted by molar-refractivity contribution is -0.128. The molecule has 0 saturated heterocycles. The van der Waals surface area contributed by atoms with Gasteiger partial charge in [-0.05, 0) is 55.5 Å². The number of sulfonamides is 1. The monoisotopic (exact) mass is 550 g/mol. The van der Waals surface area contributed by atoms with E-state index in [1.165, 1.54) is 18.4 Å². The van der Waals surface area contributed by atoms with Gasteiger partial charge in [0, 0.05) is 40.9 Å². The molecule has 0 aliphatic heterocycles. The van der Waals surface area contributed by atoms with Crippen LogP contribution in [0, 0.1) is 24.2 Å². The Morgan fingerprint density at radius 1 is 1.05 bits per heavy atom. The summed E-state index contributed by atoms with van der Waals surface area (Å²) in [5.74, 6) is -0.215. The van der Waals surface area contributed by atoms with E-state index in [1.54, 1.807) is 6.92 Å². The highest BCUT2D eigenvalue weighted by Crippen LogP contribution is 2.45. The first-order chi connectivity index (χ1) is 17.1. The van der Waals surface area contributed by atoms with Crippen molar-refractivity contribution >= 4 is 33.1 Å². The molecule has 204 valence electrons. The van der Waals surface area contributed by atoms with Gasteiger partial charge in [0.25, 0.3) is 15.9 Å². The summed E-state index contributed by atoms with van der Waals surface area (Å²) in [6, 6.07) is 7.85. The molecule has 1 aromatic heterocycles. The normalized spacial score (nSPS) is 12.6. The molecular weight excluding hydrogens is 512 g/mol. The molecule has 1 amide bonds. The van der Waals surface area contributed by atoms with Crippen molar-refractivity contribution in [2.75, 3.05) is 20.2 Å². The molecule has 0 saturated carbocycles. The number of rotatable bonds is 12. The van der Waals surface area contributed by atoms with Crippen LogP contribution in [0.15, 0.2) is 33.7 Å². The highest BCUT2D eigenvalue weighted by atomic mass is 32.2. The number of ether oxygens (including phenoxy) is 1. The van der Waals surface area contributed by atoms with Gasteiger partial charge in [-0.2, -0.15) is 4.31 Å². The smallest absolute Gasteiger partial charge is 0.287 e. The van der Waals surface area contributed by atoms with Crippen molar-refractivity contribution in [1.82, 2.24) is 4.31 Å². The van der Waals surface area contributed by atoms with Gasteiger partial charge in [-0.15, -0.1) is 16.2 Å². The average molecular weight is 551 g/mol. The second-order valence-corrected chi connectivity index (χ2v) is 13.7. The summed E-state index contributed by atoms with van der Waals surface area (Å²) < 4.78 is 33.7. The Balaban J connectivity index is 2.42. The molecular formula is C27H38N2O6S2. The molecule has 1 heterocycles. The summed E-state index contributed by atoms with van der Waals surface area (Å²) >= 11 is 1.24. The molecule has 0 radical (unpaired) electrons. The summed E-state index contributed by atoms with van der Waals surface area (Å²) in [5.41, 5.74) is 1.70. The lowest BCUT2D eigenvalue weighted by Gasteiger charge is -2.32. The maximum atomic E-state index is 13.3. The number of nitrogens with zero attached hydrogens (tertiary/aromatic N) is 2. The van der Waals surface area contributed by atoms with Gasteiger partial charge in [-0.1, -0.05) is 46.8 Å². The Labute approximate surface area is 224 Å². The van der Waals surface area contributed by atoms with Crippen molar-refractivity contribution in [2.24, 2.45) is 10.6 Å². The van der Waals surface area contributed by atoms with Gasteiger partial charge in [0.15, 0.2) is 5.78 Å². The highest BCUT2D eigenvalue weighted by molar-refractivity contribution is 7.91. The number of amides is 1. The fraction of sp³-hybridized carbons (Fsp3) is 0.556. The molecule has 10 heteroatoms. The minimum atomic E-state index is -3.85. The fourth-order valence-electron chi connectivity index (χ4n) is 4.14. The third-order valence-electron chi connectivity index (χ3n) is 6.86. The first-order valence-corrected chi connectivity index (χ1v) is 14.6. The molecule has 0 unspecified atom stereocenters. The van der Waals surface area contributed by atoms with Crippen molar-refractivity contribution in [3.8, 4) is 5.75 Å². The maximum absolute atomic E-state index is 13.3. The lowest BCUT2D eigenvalue weighted by Crippen LogP contribution is -2.29. The molecule has 1 aromatic carbocycles. The molecule has 0 atom stereocenters. The van der Waals surface area contributed by atoms with Crippen LogP contribution in [0.4, 0.5) is 0 Å². The van der Waals surface area contributed by atoms with Gasteiger partial charge in [0.2, 0.25) is 0 Å². The molecule has 8 nitrogen and oxygen atoms in total. The van der Waals surface area contributed by atoms with E-state index in [-0.39, 0.29) is 29.6 Å². The van der Waals surface area contributed by atoms with Gasteiger partial charge in [0.1, 0.15) is 16.6 Å². The van der Waals surface area contributed by atoms with Crippen LogP contribution >= 0.6 is 11.3 Å². The summed E-state index contributed by atoms with van der Waals surface area (Å²) in [6.45, 7) is 13.3. The third-order valence-corrected chi connectivity index (χ3v) is 10.8. The van der Waals surface area contributed by atoms with E-state index in [1.807, 2.05) is 45.9 Å². The maximum Gasteiger partial charge on any atom is 0.287 e. The Morgan fingerprint density at radius 3 is 2.19 bits per heavy atom. The quantitative estimate of drug-likeness (QED) is 0.310. The first kappa shape index (κ1) is 30.8. The fourth-order valence-corrected chi connectivity index (χ4v) is 7.55. The molecule has 2 aromatic rings. The zero-order chi connectivity index (χ0) is 28.2. The van der Waals surface area contributed by atoms with Crippen LogP contribution in [0.1, 0.15) is 75.4 Å². The van der Waals surface area contributed by atoms with Crippen LogP contribution in [0.3, 0.4) is 0 Å². The third kappa shape index (κ3) is 6.72. The van der Waals surface area contributed by atoms with E-state index in [9.17, 15) is 22.9 Å². The van der Waals surface area contributed by atoms with E-state index >= 15 is 0 Å². The summed E-state index contributed by atoms with van der Waals surface area (Å²) in [5, 5.41) is 2.34. The van der Waals surface area contributed by atoms with Crippen molar-refractivity contribution in [3.05, 3.63) is 50.7 Å². The standard InChI is InChI=1S/C27H38N2O6S2/c1-9-27(10-2,20-11-12-21(18(3)15-20)35-17-22(30)26(5,6)7)23-16-19(4)25(36-23)37(33,34)29(8)14-13-24(31)28-32/h11-12,15-16H,9-10,13-14,17H2,1-8H3. The van der Waals surface area contributed by atoms with Crippen molar-refractivity contribution in [1.29, 1.82) is 0 Å². The Morgan fingerprint density at radius 2 is 1.68 bits per heavy atom. The predicted octanol–water partition coefficient (Wildman–Crippen LogP) is 5.77. The minimum Gasteiger partial charge on any atom is -0.486 e. The van der Waals surface area contributed by atoms with Gasteiger partial charge >= 0.3 is 0 Å². The molecule has 0 aliphatic rings. The Bertz CT molecular complexity index is 1250. The van der Waals surface area contributed by atoms with Crippen LogP contribution in [0.2, 0.25) is 0 Å². The van der Waals surface area contributed by atoms with Crippen LogP contribution in [0.25, 0.3) is 0 Å². The molecule has 2 rings (SSSR count). The van der Waals surface area contributed by atoms with Crippen molar-refractivity contribution in [3.63, 3.8) is 0 Å². The highest BCUT2D eigenvalue weighted by Gasteiger charge is 2.36. The van der Waals surface area contributed by atoms with Gasteiger partial charge < -0.3 is 4.74 Å². The number of benzene rings is 1. The second-order valence-electron chi connectivity index (χ2n) is 10.4. The molecule has 0 bridgehead atoms. The van der Waals surface area contributed by atoms with E-state index in [0.717, 1.165) is 33.2 Å². The Kier molecular flexibility index (Phi) is 9.95. The molecule has 0 aliphatic carbocycles. The largest absolute Gasteiger partial charge is 0.486 e. The van der Waals surface area contributed by atoms with Crippen LogP contribution in [-0.2, 0) is 25.0 Å². The number of ketones is 1.